The molecule has 1 N–H and O–H groups in total. The minimum Gasteiger partial charge on any atom is -0.466 e. The van der Waals surface area contributed by atoms with E-state index in [0.717, 1.165) is 50.8 Å². The first-order valence-corrected chi connectivity index (χ1v) is 15.7. The third kappa shape index (κ3) is 5.62. The maximum absolute atomic E-state index is 13.1. The molecule has 0 radical (unpaired) electrons. The first-order chi connectivity index (χ1) is 19.2. The standard InChI is InChI=1S/C32H49N3O5/c1-21-17-24(33-19-21)11-14-35(15-16-39-20-36)30(38)40-34-22(2)27-7-8-28-26-6-5-23-18-25(37)9-12-31(23,3)29(26)10-13-32(27,28)4/h18,20-21,24,26-29,33H,5-17,19H2,1-4H3/b34-22+/t21?,24?,26-,27+,28-,29-,31-,32+/m0/s1. The van der Waals surface area contributed by atoms with Crippen molar-refractivity contribution in [1.29, 1.82) is 0 Å². The smallest absolute Gasteiger partial charge is 0.436 e. The third-order valence-electron chi connectivity index (χ3n) is 11.7. The molecule has 8 nitrogen and oxygen atoms in total. The molecule has 40 heavy (non-hydrogen) atoms. The van der Waals surface area contributed by atoms with Crippen molar-refractivity contribution in [3.63, 3.8) is 0 Å². The van der Waals surface area contributed by atoms with Crippen LogP contribution in [0.1, 0.15) is 91.9 Å². The van der Waals surface area contributed by atoms with Gasteiger partial charge in [-0.1, -0.05) is 31.5 Å². The normalized spacial score (nSPS) is 39.0. The Morgan fingerprint density at radius 2 is 1.98 bits per heavy atom. The van der Waals surface area contributed by atoms with Gasteiger partial charge in [0.1, 0.15) is 6.61 Å². The van der Waals surface area contributed by atoms with Gasteiger partial charge in [0.2, 0.25) is 0 Å². The van der Waals surface area contributed by atoms with E-state index in [9.17, 15) is 14.4 Å². The van der Waals surface area contributed by atoms with Gasteiger partial charge in [-0.05, 0) is 112 Å². The highest BCUT2D eigenvalue weighted by Crippen LogP contribution is 2.66. The lowest BCUT2D eigenvalue weighted by atomic mass is 9.46. The van der Waals surface area contributed by atoms with Crippen LogP contribution in [0.3, 0.4) is 0 Å². The van der Waals surface area contributed by atoms with Crippen LogP contribution < -0.4 is 5.32 Å². The third-order valence-corrected chi connectivity index (χ3v) is 11.7. The molecule has 0 aromatic heterocycles. The second-order valence-corrected chi connectivity index (χ2v) is 13.9. The predicted octanol–water partition coefficient (Wildman–Crippen LogP) is 5.51. The second kappa shape index (κ2) is 11.9. The zero-order valence-electron chi connectivity index (χ0n) is 25.0. The minimum atomic E-state index is -0.477. The zero-order valence-corrected chi connectivity index (χ0v) is 25.0. The molecule has 0 aromatic carbocycles. The summed E-state index contributed by atoms with van der Waals surface area (Å²) in [7, 11) is 0. The van der Waals surface area contributed by atoms with Crippen molar-refractivity contribution in [2.75, 3.05) is 26.2 Å². The number of allylic oxidation sites excluding steroid dienone is 1. The van der Waals surface area contributed by atoms with E-state index in [1.165, 1.54) is 24.8 Å². The van der Waals surface area contributed by atoms with Crippen LogP contribution in [0, 0.1) is 40.4 Å². The van der Waals surface area contributed by atoms with E-state index < -0.39 is 6.09 Å². The highest BCUT2D eigenvalue weighted by molar-refractivity contribution is 5.91. The van der Waals surface area contributed by atoms with Gasteiger partial charge in [0.05, 0.1) is 12.3 Å². The molecule has 8 atom stereocenters. The van der Waals surface area contributed by atoms with E-state index in [-0.39, 0.29) is 17.4 Å². The number of oxime groups is 1. The summed E-state index contributed by atoms with van der Waals surface area (Å²) in [6.07, 6.45) is 12.0. The zero-order chi connectivity index (χ0) is 28.5. The van der Waals surface area contributed by atoms with E-state index in [4.69, 9.17) is 9.57 Å². The molecule has 3 saturated carbocycles. The van der Waals surface area contributed by atoms with E-state index >= 15 is 0 Å². The summed E-state index contributed by atoms with van der Waals surface area (Å²) in [5.41, 5.74) is 2.66. The summed E-state index contributed by atoms with van der Waals surface area (Å²) in [4.78, 5) is 43.0. The number of rotatable bonds is 9. The molecule has 1 saturated heterocycles. The van der Waals surface area contributed by atoms with Gasteiger partial charge in [-0.25, -0.2) is 4.79 Å². The van der Waals surface area contributed by atoms with Crippen LogP contribution in [0.15, 0.2) is 16.8 Å². The summed E-state index contributed by atoms with van der Waals surface area (Å²) >= 11 is 0. The van der Waals surface area contributed by atoms with E-state index in [1.807, 2.05) is 13.0 Å². The predicted molar refractivity (Wildman–Crippen MR) is 154 cm³/mol. The highest BCUT2D eigenvalue weighted by atomic mass is 16.7. The van der Waals surface area contributed by atoms with Gasteiger partial charge in [0.25, 0.3) is 6.47 Å². The molecule has 0 spiro atoms. The molecule has 222 valence electrons. The van der Waals surface area contributed by atoms with Gasteiger partial charge in [-0.15, -0.1) is 0 Å². The van der Waals surface area contributed by atoms with Crippen LogP contribution in [0.4, 0.5) is 4.79 Å². The Hall–Kier alpha value is -2.22. The Morgan fingerprint density at radius 3 is 2.73 bits per heavy atom. The van der Waals surface area contributed by atoms with Crippen molar-refractivity contribution in [1.82, 2.24) is 10.2 Å². The molecule has 5 rings (SSSR count). The first kappa shape index (κ1) is 29.3. The number of fused-ring (bicyclic) bond motifs is 5. The van der Waals surface area contributed by atoms with Gasteiger partial charge in [0, 0.05) is 24.9 Å². The Kier molecular flexibility index (Phi) is 8.74. The Balaban J connectivity index is 1.22. The molecule has 0 aromatic rings. The molecule has 1 aliphatic heterocycles. The summed E-state index contributed by atoms with van der Waals surface area (Å²) in [6.45, 7) is 11.5. The molecule has 8 heteroatoms. The molecule has 2 unspecified atom stereocenters. The lowest BCUT2D eigenvalue weighted by Gasteiger charge is -2.58. The number of nitrogens with one attached hydrogen (secondary N) is 1. The number of hydrogen-bond donors (Lipinski definition) is 1. The number of ketones is 1. The fourth-order valence-electron chi connectivity index (χ4n) is 9.54. The van der Waals surface area contributed by atoms with Gasteiger partial charge in [-0.2, -0.15) is 0 Å². The molecule has 4 aliphatic carbocycles. The van der Waals surface area contributed by atoms with Gasteiger partial charge in [0.15, 0.2) is 5.78 Å². The molecule has 1 amide bonds. The van der Waals surface area contributed by atoms with Crippen molar-refractivity contribution in [3.8, 4) is 0 Å². The molecule has 5 aliphatic rings. The van der Waals surface area contributed by atoms with E-state index in [0.29, 0.717) is 67.4 Å². The SMILES string of the molecule is C/C(=N\OC(=O)N(CCOC=O)CCC1CC(C)CN1)[C@H]1CC[C@H]2[C@@H]3CCC4=CC(=O)CC[C@]4(C)[C@H]3CC[C@]12C. The molecular weight excluding hydrogens is 506 g/mol. The lowest BCUT2D eigenvalue weighted by Crippen LogP contribution is -2.51. The fourth-order valence-corrected chi connectivity index (χ4v) is 9.54. The second-order valence-electron chi connectivity index (χ2n) is 13.9. The Labute approximate surface area is 239 Å². The van der Waals surface area contributed by atoms with Crippen LogP contribution in [0.2, 0.25) is 0 Å². The van der Waals surface area contributed by atoms with Crippen LogP contribution in [-0.2, 0) is 19.2 Å². The summed E-state index contributed by atoms with van der Waals surface area (Å²) in [5, 5.41) is 7.94. The number of nitrogens with zero attached hydrogens (tertiary/aromatic N) is 2. The maximum atomic E-state index is 13.1. The molecule has 4 fully saturated rings. The summed E-state index contributed by atoms with van der Waals surface area (Å²) < 4.78 is 4.87. The lowest BCUT2D eigenvalue weighted by molar-refractivity contribution is -0.129. The largest absolute Gasteiger partial charge is 0.466 e. The number of hydrogen-bond acceptors (Lipinski definition) is 7. The van der Waals surface area contributed by atoms with Crippen LogP contribution in [0.5, 0.6) is 0 Å². The van der Waals surface area contributed by atoms with E-state index in [1.54, 1.807) is 4.90 Å². The maximum Gasteiger partial charge on any atom is 0.436 e. The van der Waals surface area contributed by atoms with Crippen molar-refractivity contribution >= 4 is 24.1 Å². The average molecular weight is 556 g/mol. The van der Waals surface area contributed by atoms with Crippen molar-refractivity contribution < 1.29 is 24.0 Å². The van der Waals surface area contributed by atoms with Crippen LogP contribution >= 0.6 is 0 Å². The number of amides is 1. The first-order valence-electron chi connectivity index (χ1n) is 15.7. The van der Waals surface area contributed by atoms with Crippen molar-refractivity contribution in [2.24, 2.45) is 45.6 Å². The van der Waals surface area contributed by atoms with Crippen molar-refractivity contribution in [3.05, 3.63) is 11.6 Å². The van der Waals surface area contributed by atoms with Gasteiger partial charge >= 0.3 is 6.09 Å². The fraction of sp³-hybridized carbons (Fsp3) is 0.812. The van der Waals surface area contributed by atoms with Gasteiger partial charge < -0.3 is 15.0 Å². The summed E-state index contributed by atoms with van der Waals surface area (Å²) in [5.74, 6) is 3.26. The van der Waals surface area contributed by atoms with Crippen molar-refractivity contribution in [2.45, 2.75) is 97.9 Å². The Bertz CT molecular complexity index is 1040. The average Bonchev–Trinajstić information content (AvgIpc) is 3.51. The summed E-state index contributed by atoms with van der Waals surface area (Å²) in [6, 6.07) is 0.385. The van der Waals surface area contributed by atoms with Crippen LogP contribution in [-0.4, -0.2) is 61.2 Å². The monoisotopic (exact) mass is 555 g/mol. The van der Waals surface area contributed by atoms with E-state index in [2.05, 4.69) is 31.2 Å². The molecule has 1 heterocycles. The van der Waals surface area contributed by atoms with Gasteiger partial charge in [-0.3, -0.25) is 14.4 Å². The molecular formula is C32H49N3O5. The number of ether oxygens (including phenoxy) is 1. The number of carbonyl (C=O) groups excluding carboxylic acids is 3. The quantitative estimate of drug-likeness (QED) is 0.132. The topological polar surface area (TPSA) is 97.3 Å². The minimum absolute atomic E-state index is 0.144. The Morgan fingerprint density at radius 1 is 1.15 bits per heavy atom. The molecule has 0 bridgehead atoms. The number of carbonyl (C=O) groups is 3. The highest BCUT2D eigenvalue weighted by Gasteiger charge is 2.59. The van der Waals surface area contributed by atoms with Crippen LogP contribution in [0.25, 0.3) is 0 Å².